The number of carbonyl (C=O) groups excluding carboxylic acids is 2. The summed E-state index contributed by atoms with van der Waals surface area (Å²) in [5.41, 5.74) is 0. The Morgan fingerprint density at radius 1 is 0.375 bits per heavy atom. The number of hydrogen-bond donors (Lipinski definition) is 6. The van der Waals surface area contributed by atoms with Gasteiger partial charge in [-0.15, -0.1) is 0 Å². The zero-order valence-electron chi connectivity index (χ0n) is 63.6. The number of amides is 1. The molecule has 568 valence electrons. The van der Waals surface area contributed by atoms with Crippen LogP contribution < -0.4 is 5.32 Å². The van der Waals surface area contributed by atoms with Crippen molar-refractivity contribution in [2.45, 2.75) is 487 Å². The van der Waals surface area contributed by atoms with Gasteiger partial charge in [-0.3, -0.25) is 9.59 Å². The minimum absolute atomic E-state index is 0.0228. The van der Waals surface area contributed by atoms with Gasteiger partial charge in [0.1, 0.15) is 24.4 Å². The van der Waals surface area contributed by atoms with E-state index in [2.05, 4.69) is 31.3 Å². The fourth-order valence-electron chi connectivity index (χ4n) is 13.9. The van der Waals surface area contributed by atoms with Crippen molar-refractivity contribution >= 4 is 11.9 Å². The molecule has 1 fully saturated rings. The highest BCUT2D eigenvalue weighted by molar-refractivity contribution is 5.76. The zero-order valence-corrected chi connectivity index (χ0v) is 63.6. The number of carbonyl (C=O) groups is 2. The smallest absolute Gasteiger partial charge is 0.305 e. The summed E-state index contributed by atoms with van der Waals surface area (Å²) >= 11 is 0. The van der Waals surface area contributed by atoms with Crippen LogP contribution in [0.4, 0.5) is 0 Å². The van der Waals surface area contributed by atoms with E-state index >= 15 is 0 Å². The Morgan fingerprint density at radius 2 is 0.677 bits per heavy atom. The number of unbranched alkanes of at least 4 members (excludes halogenated alkanes) is 61. The van der Waals surface area contributed by atoms with Gasteiger partial charge in [0, 0.05) is 12.8 Å². The van der Waals surface area contributed by atoms with Crippen LogP contribution in [0.3, 0.4) is 0 Å². The van der Waals surface area contributed by atoms with Crippen LogP contribution in [0.25, 0.3) is 0 Å². The second kappa shape index (κ2) is 74.3. The third-order valence-corrected chi connectivity index (χ3v) is 20.6. The van der Waals surface area contributed by atoms with Gasteiger partial charge in [-0.25, -0.2) is 0 Å². The van der Waals surface area contributed by atoms with Crippen LogP contribution in [0.15, 0.2) is 24.3 Å². The molecule has 0 aromatic rings. The Balaban J connectivity index is 1.86. The summed E-state index contributed by atoms with van der Waals surface area (Å²) in [5, 5.41) is 54.6. The SMILES string of the molecule is CCCCCCCCC/C=C/CC/C=C/C(O)C(COC1OC(CO)C(O)C(O)C1O)NC(=O)CCCCCCCCCCCCCCCCCCCCCCCCCCCCCCCCCCCCCCCCCOC(=O)CCCCCCCCCCCCCCCCCC. The molecule has 0 radical (unpaired) electrons. The molecule has 0 bridgehead atoms. The van der Waals surface area contributed by atoms with E-state index in [1.165, 1.54) is 366 Å². The molecule has 0 spiro atoms. The number of aliphatic hydroxyl groups is 5. The molecule has 96 heavy (non-hydrogen) atoms. The molecule has 7 unspecified atom stereocenters. The van der Waals surface area contributed by atoms with Gasteiger partial charge in [0.25, 0.3) is 0 Å². The van der Waals surface area contributed by atoms with Crippen molar-refractivity contribution in [2.75, 3.05) is 19.8 Å². The van der Waals surface area contributed by atoms with Gasteiger partial charge in [-0.1, -0.05) is 411 Å². The van der Waals surface area contributed by atoms with Gasteiger partial charge in [-0.05, 0) is 44.9 Å². The second-order valence-electron chi connectivity index (χ2n) is 29.9. The molecular weight excluding hydrogens is 1190 g/mol. The Morgan fingerprint density at radius 3 is 1.03 bits per heavy atom. The normalized spacial score (nSPS) is 17.3. The quantitative estimate of drug-likeness (QED) is 0.0195. The van der Waals surface area contributed by atoms with Crippen LogP contribution in [0.5, 0.6) is 0 Å². The monoisotopic (exact) mass is 1360 g/mol. The minimum atomic E-state index is -1.57. The van der Waals surface area contributed by atoms with Crippen LogP contribution in [-0.2, 0) is 23.8 Å². The molecule has 1 aliphatic heterocycles. The van der Waals surface area contributed by atoms with Crippen LogP contribution in [0.2, 0.25) is 0 Å². The molecule has 0 aromatic carbocycles. The lowest BCUT2D eigenvalue weighted by Gasteiger charge is -2.40. The van der Waals surface area contributed by atoms with Crippen molar-refractivity contribution in [3.8, 4) is 0 Å². The van der Waals surface area contributed by atoms with Crippen molar-refractivity contribution in [1.29, 1.82) is 0 Å². The van der Waals surface area contributed by atoms with E-state index in [1.807, 2.05) is 6.08 Å². The highest BCUT2D eigenvalue weighted by atomic mass is 16.7. The van der Waals surface area contributed by atoms with E-state index in [4.69, 9.17) is 14.2 Å². The first-order valence-electron chi connectivity index (χ1n) is 42.6. The third-order valence-electron chi connectivity index (χ3n) is 20.6. The molecule has 11 nitrogen and oxygen atoms in total. The summed E-state index contributed by atoms with van der Waals surface area (Å²) in [6.07, 6.45) is 86.7. The van der Waals surface area contributed by atoms with Gasteiger partial charge < -0.3 is 45.1 Å². The Kier molecular flexibility index (Phi) is 71.4. The summed E-state index contributed by atoms with van der Waals surface area (Å²) in [4.78, 5) is 25.2. The van der Waals surface area contributed by atoms with E-state index in [0.717, 1.165) is 51.4 Å². The first-order chi connectivity index (χ1) is 47.2. The lowest BCUT2D eigenvalue weighted by molar-refractivity contribution is -0.302. The number of ether oxygens (including phenoxy) is 3. The molecule has 1 heterocycles. The maximum atomic E-state index is 13.1. The highest BCUT2D eigenvalue weighted by Crippen LogP contribution is 2.24. The summed E-state index contributed by atoms with van der Waals surface area (Å²) in [6.45, 7) is 4.39. The van der Waals surface area contributed by atoms with E-state index in [-0.39, 0.29) is 18.5 Å². The first kappa shape index (κ1) is 92.2. The predicted molar refractivity (Wildman–Crippen MR) is 408 cm³/mol. The van der Waals surface area contributed by atoms with Gasteiger partial charge >= 0.3 is 5.97 Å². The van der Waals surface area contributed by atoms with Crippen molar-refractivity contribution in [3.05, 3.63) is 24.3 Å². The van der Waals surface area contributed by atoms with E-state index in [9.17, 15) is 35.1 Å². The van der Waals surface area contributed by atoms with Crippen molar-refractivity contribution in [2.24, 2.45) is 0 Å². The average Bonchev–Trinajstić information content (AvgIpc) is 0.843. The summed E-state index contributed by atoms with van der Waals surface area (Å²) in [5.74, 6) is -0.160. The molecule has 1 saturated heterocycles. The molecule has 11 heteroatoms. The number of hydrogen-bond acceptors (Lipinski definition) is 10. The molecule has 6 N–H and O–H groups in total. The molecule has 0 aliphatic carbocycles. The molecule has 1 rings (SSSR count). The van der Waals surface area contributed by atoms with Crippen LogP contribution >= 0.6 is 0 Å². The minimum Gasteiger partial charge on any atom is -0.466 e. The number of aliphatic hydroxyl groups excluding tert-OH is 5. The fraction of sp³-hybridized carbons (Fsp3) is 0.929. The summed E-state index contributed by atoms with van der Waals surface area (Å²) in [7, 11) is 0. The van der Waals surface area contributed by atoms with Crippen LogP contribution in [-0.4, -0.2) is 100 Å². The lowest BCUT2D eigenvalue weighted by Crippen LogP contribution is -2.60. The molecule has 7 atom stereocenters. The van der Waals surface area contributed by atoms with E-state index in [0.29, 0.717) is 19.4 Å². The van der Waals surface area contributed by atoms with Gasteiger partial charge in [-0.2, -0.15) is 0 Å². The van der Waals surface area contributed by atoms with Crippen molar-refractivity contribution < 1.29 is 49.3 Å². The van der Waals surface area contributed by atoms with Gasteiger partial charge in [0.2, 0.25) is 5.91 Å². The highest BCUT2D eigenvalue weighted by Gasteiger charge is 2.44. The number of esters is 1. The standard InChI is InChI=1S/C85H163NO10/c1-3-5-7-9-11-13-15-17-18-45-49-53-57-61-65-69-73-81(90)94-74-70-66-62-58-54-50-46-43-41-39-37-35-33-31-29-27-25-23-21-19-20-22-24-26-28-30-32-34-36-38-40-42-44-48-52-56-60-64-68-72-80(89)86-77(76-95-85-84(93)83(92)82(91)79(75-87)96-85)78(88)71-67-63-59-55-51-47-16-14-12-10-8-6-4-2/h51,55,67,71,77-79,82-85,87-88,91-93H,3-50,52-54,56-66,68-70,72-76H2,1-2H3,(H,86,89)/b55-51+,71-67+. The molecule has 1 aliphatic rings. The van der Waals surface area contributed by atoms with Crippen LogP contribution in [0, 0.1) is 0 Å². The van der Waals surface area contributed by atoms with Crippen molar-refractivity contribution in [3.63, 3.8) is 0 Å². The van der Waals surface area contributed by atoms with Crippen LogP contribution in [0.1, 0.15) is 444 Å². The zero-order chi connectivity index (χ0) is 69.4. The average molecular weight is 1360 g/mol. The largest absolute Gasteiger partial charge is 0.466 e. The summed E-state index contributed by atoms with van der Waals surface area (Å²) in [6, 6.07) is -0.823. The molecular formula is C85H163NO10. The second-order valence-corrected chi connectivity index (χ2v) is 29.9. The lowest BCUT2D eigenvalue weighted by atomic mass is 9.99. The topological polar surface area (TPSA) is 175 Å². The first-order valence-corrected chi connectivity index (χ1v) is 42.6. The van der Waals surface area contributed by atoms with E-state index in [1.54, 1.807) is 6.08 Å². The third kappa shape index (κ3) is 62.0. The maximum absolute atomic E-state index is 13.1. The molecule has 0 saturated carbocycles. The summed E-state index contributed by atoms with van der Waals surface area (Å²) < 4.78 is 16.8. The number of rotatable bonds is 77. The molecule has 0 aromatic heterocycles. The van der Waals surface area contributed by atoms with Gasteiger partial charge in [0.15, 0.2) is 6.29 Å². The fourth-order valence-corrected chi connectivity index (χ4v) is 13.9. The number of allylic oxidation sites excluding steroid dienone is 3. The maximum Gasteiger partial charge on any atom is 0.305 e. The molecule has 1 amide bonds. The Bertz CT molecular complexity index is 1640. The van der Waals surface area contributed by atoms with Crippen molar-refractivity contribution in [1.82, 2.24) is 5.32 Å². The van der Waals surface area contributed by atoms with E-state index < -0.39 is 49.5 Å². The Hall–Kier alpha value is -1.86. The predicted octanol–water partition coefficient (Wildman–Crippen LogP) is 23.5. The van der Waals surface area contributed by atoms with Gasteiger partial charge in [0.05, 0.1) is 32.0 Å². The number of nitrogens with one attached hydrogen (secondary N) is 1. The Labute approximate surface area is 594 Å².